The lowest BCUT2D eigenvalue weighted by atomic mass is 10.2. The molecule has 0 spiro atoms. The third-order valence-electron chi connectivity index (χ3n) is 3.11. The highest BCUT2D eigenvalue weighted by molar-refractivity contribution is 7.89. The Bertz CT molecular complexity index is 943. The molecular weight excluding hydrogens is 360 g/mol. The van der Waals surface area contributed by atoms with Crippen molar-refractivity contribution in [2.24, 2.45) is 0 Å². The molecule has 132 valence electrons. The van der Waals surface area contributed by atoms with Crippen LogP contribution in [0.4, 0.5) is 14.5 Å². The van der Waals surface area contributed by atoms with Gasteiger partial charge in [-0.25, -0.2) is 17.2 Å². The monoisotopic (exact) mass is 371 g/mol. The first-order chi connectivity index (χ1) is 11.6. The van der Waals surface area contributed by atoms with E-state index in [1.807, 2.05) is 0 Å². The molecule has 8 nitrogen and oxygen atoms in total. The van der Waals surface area contributed by atoms with E-state index in [1.54, 1.807) is 10.3 Å². The summed E-state index contributed by atoms with van der Waals surface area (Å²) in [6.07, 6.45) is 0. The Labute approximate surface area is 140 Å². The second-order valence-electron chi connectivity index (χ2n) is 4.92. The minimum atomic E-state index is -4.33. The van der Waals surface area contributed by atoms with Crippen molar-refractivity contribution >= 4 is 21.6 Å². The quantitative estimate of drug-likeness (QED) is 0.614. The van der Waals surface area contributed by atoms with E-state index in [4.69, 9.17) is 0 Å². The van der Waals surface area contributed by atoms with Crippen molar-refractivity contribution in [2.45, 2.75) is 11.8 Å². The Morgan fingerprint density at radius 1 is 1.12 bits per heavy atom. The molecule has 0 unspecified atom stereocenters. The van der Waals surface area contributed by atoms with Crippen LogP contribution in [0.5, 0.6) is 0 Å². The molecule has 0 atom stereocenters. The maximum atomic E-state index is 13.1. The summed E-state index contributed by atoms with van der Waals surface area (Å²) < 4.78 is 50.3. The lowest BCUT2D eigenvalue weighted by molar-refractivity contribution is -0.385. The highest BCUT2D eigenvalue weighted by Crippen LogP contribution is 2.21. The summed E-state index contributed by atoms with van der Waals surface area (Å²) in [4.78, 5) is 23.1. The van der Waals surface area contributed by atoms with Gasteiger partial charge in [0.05, 0.1) is 9.82 Å². The molecule has 0 aliphatic heterocycles. The fraction of sp³-hybridized carbons (Fsp3) is 0.0714. The number of sulfonamides is 1. The average molecular weight is 371 g/mol. The minimum Gasteiger partial charge on any atom is -0.273 e. The second kappa shape index (κ2) is 6.91. The molecule has 2 rings (SSSR count). The molecule has 0 heterocycles. The maximum Gasteiger partial charge on any atom is 0.273 e. The van der Waals surface area contributed by atoms with Crippen molar-refractivity contribution in [3.63, 3.8) is 0 Å². The van der Waals surface area contributed by atoms with Gasteiger partial charge in [-0.05, 0) is 25.1 Å². The fourth-order valence-corrected chi connectivity index (χ4v) is 2.74. The summed E-state index contributed by atoms with van der Waals surface area (Å²) in [5.74, 6) is -3.13. The SMILES string of the molecule is Cc1ccc(S(=O)(=O)NNC(=O)c2cc(F)cc(F)c2)cc1[N+](=O)[O-]. The number of hydrogen-bond acceptors (Lipinski definition) is 5. The van der Waals surface area contributed by atoms with Gasteiger partial charge in [0.2, 0.25) is 0 Å². The smallest absolute Gasteiger partial charge is 0.273 e. The molecule has 11 heteroatoms. The van der Waals surface area contributed by atoms with Crippen LogP contribution in [-0.4, -0.2) is 19.2 Å². The van der Waals surface area contributed by atoms with Gasteiger partial charge < -0.3 is 0 Å². The lowest BCUT2D eigenvalue weighted by Crippen LogP contribution is -2.41. The molecule has 0 radical (unpaired) electrons. The molecule has 0 saturated carbocycles. The first-order valence-corrected chi connectivity index (χ1v) is 8.12. The van der Waals surface area contributed by atoms with Gasteiger partial charge in [0.25, 0.3) is 21.6 Å². The number of carbonyl (C=O) groups is 1. The normalized spacial score (nSPS) is 11.2. The second-order valence-corrected chi connectivity index (χ2v) is 6.61. The molecule has 0 saturated heterocycles. The van der Waals surface area contributed by atoms with Crippen LogP contribution >= 0.6 is 0 Å². The van der Waals surface area contributed by atoms with Crippen LogP contribution in [0.2, 0.25) is 0 Å². The van der Waals surface area contributed by atoms with Crippen molar-refractivity contribution in [1.82, 2.24) is 10.3 Å². The fourth-order valence-electron chi connectivity index (χ4n) is 1.88. The Hall–Kier alpha value is -2.92. The van der Waals surface area contributed by atoms with E-state index in [-0.39, 0.29) is 5.56 Å². The van der Waals surface area contributed by atoms with Gasteiger partial charge in [-0.3, -0.25) is 20.3 Å². The van der Waals surface area contributed by atoms with Gasteiger partial charge in [-0.15, -0.1) is 4.83 Å². The van der Waals surface area contributed by atoms with Crippen molar-refractivity contribution in [3.8, 4) is 0 Å². The van der Waals surface area contributed by atoms with Gasteiger partial charge in [0.15, 0.2) is 0 Å². The van der Waals surface area contributed by atoms with Crippen molar-refractivity contribution in [1.29, 1.82) is 0 Å². The van der Waals surface area contributed by atoms with Gasteiger partial charge in [-0.2, -0.15) is 0 Å². The van der Waals surface area contributed by atoms with Gasteiger partial charge in [0.1, 0.15) is 11.6 Å². The van der Waals surface area contributed by atoms with Crippen LogP contribution in [0.1, 0.15) is 15.9 Å². The topological polar surface area (TPSA) is 118 Å². The number of rotatable bonds is 5. The standard InChI is InChI=1S/C14H11F2N3O5S/c1-8-2-3-12(7-13(8)19(21)22)25(23,24)18-17-14(20)9-4-10(15)6-11(16)5-9/h2-7,18H,1H3,(H,17,20). The molecule has 0 aliphatic rings. The average Bonchev–Trinajstić information content (AvgIpc) is 2.51. The number of hydrogen-bond donors (Lipinski definition) is 2. The third-order valence-corrected chi connectivity index (χ3v) is 4.36. The number of nitrogens with zero attached hydrogens (tertiary/aromatic N) is 1. The predicted molar refractivity (Wildman–Crippen MR) is 82.0 cm³/mol. The largest absolute Gasteiger partial charge is 0.273 e. The van der Waals surface area contributed by atoms with Crippen LogP contribution in [0.25, 0.3) is 0 Å². The third kappa shape index (κ3) is 4.33. The lowest BCUT2D eigenvalue weighted by Gasteiger charge is -2.09. The molecule has 0 bridgehead atoms. The van der Waals surface area contributed by atoms with E-state index < -0.39 is 48.6 Å². The molecule has 1 amide bonds. The maximum absolute atomic E-state index is 13.1. The molecule has 25 heavy (non-hydrogen) atoms. The number of benzene rings is 2. The molecule has 0 fully saturated rings. The molecule has 2 N–H and O–H groups in total. The number of halogens is 2. The van der Waals surface area contributed by atoms with Crippen molar-refractivity contribution < 1.29 is 26.9 Å². The number of nitro benzene ring substituents is 1. The van der Waals surface area contributed by atoms with E-state index in [0.717, 1.165) is 12.1 Å². The number of nitro groups is 1. The first-order valence-electron chi connectivity index (χ1n) is 6.63. The van der Waals surface area contributed by atoms with Crippen LogP contribution in [0.15, 0.2) is 41.3 Å². The number of carbonyl (C=O) groups excluding carboxylic acids is 1. The molecular formula is C14H11F2N3O5S. The van der Waals surface area contributed by atoms with E-state index in [0.29, 0.717) is 18.2 Å². The number of aryl methyl sites for hydroxylation is 1. The summed E-state index contributed by atoms with van der Waals surface area (Å²) in [7, 11) is -4.33. The highest BCUT2D eigenvalue weighted by atomic mass is 32.2. The molecule has 2 aromatic rings. The highest BCUT2D eigenvalue weighted by Gasteiger charge is 2.21. The molecule has 0 aromatic heterocycles. The summed E-state index contributed by atoms with van der Waals surface area (Å²) in [6, 6.07) is 5.14. The van der Waals surface area contributed by atoms with Crippen LogP contribution in [-0.2, 0) is 10.0 Å². The Kier molecular flexibility index (Phi) is 5.09. The zero-order valence-electron chi connectivity index (χ0n) is 12.6. The van der Waals surface area contributed by atoms with Gasteiger partial charge in [-0.1, -0.05) is 6.07 Å². The first kappa shape index (κ1) is 18.4. The van der Waals surface area contributed by atoms with E-state index in [1.165, 1.54) is 13.0 Å². The van der Waals surface area contributed by atoms with Crippen LogP contribution in [0, 0.1) is 28.7 Å². The summed E-state index contributed by atoms with van der Waals surface area (Å²) >= 11 is 0. The van der Waals surface area contributed by atoms with Crippen molar-refractivity contribution in [3.05, 3.63) is 69.3 Å². The van der Waals surface area contributed by atoms with Crippen LogP contribution < -0.4 is 10.3 Å². The Morgan fingerprint density at radius 3 is 2.28 bits per heavy atom. The summed E-state index contributed by atoms with van der Waals surface area (Å²) in [5.41, 5.74) is 1.16. The van der Waals surface area contributed by atoms with E-state index >= 15 is 0 Å². The summed E-state index contributed by atoms with van der Waals surface area (Å²) in [6.45, 7) is 1.43. The zero-order valence-corrected chi connectivity index (χ0v) is 13.4. The summed E-state index contributed by atoms with van der Waals surface area (Å²) in [5, 5.41) is 10.9. The molecule has 0 aliphatic carbocycles. The number of amides is 1. The zero-order chi connectivity index (χ0) is 18.8. The number of nitrogens with one attached hydrogen (secondary N) is 2. The van der Waals surface area contributed by atoms with Crippen molar-refractivity contribution in [2.75, 3.05) is 0 Å². The minimum absolute atomic E-state index is 0.253. The van der Waals surface area contributed by atoms with E-state index in [2.05, 4.69) is 0 Å². The van der Waals surface area contributed by atoms with Crippen LogP contribution in [0.3, 0.4) is 0 Å². The molecule has 2 aromatic carbocycles. The van der Waals surface area contributed by atoms with Gasteiger partial charge in [0, 0.05) is 23.3 Å². The van der Waals surface area contributed by atoms with E-state index in [9.17, 15) is 32.1 Å². The number of hydrazine groups is 1. The Balaban J connectivity index is 2.20. The van der Waals surface area contributed by atoms with Gasteiger partial charge >= 0.3 is 0 Å². The predicted octanol–water partition coefficient (Wildman–Crippen LogP) is 1.80. The Morgan fingerprint density at radius 2 is 1.72 bits per heavy atom.